The van der Waals surface area contributed by atoms with E-state index in [2.05, 4.69) is 0 Å². The third-order valence-corrected chi connectivity index (χ3v) is 5.30. The maximum atomic E-state index is 12.1. The fourth-order valence-corrected chi connectivity index (χ4v) is 3.41. The van der Waals surface area contributed by atoms with Crippen molar-refractivity contribution in [1.82, 2.24) is 0 Å². The summed E-state index contributed by atoms with van der Waals surface area (Å²) >= 11 is 0. The SMILES string of the molecule is COC1C(O)[C@H](O[C@H](C(O)CO)C(O)C(O)CC(=O)OCc2ccccc2)OC(CO)[C@@H]1O. The summed E-state index contributed by atoms with van der Waals surface area (Å²) < 4.78 is 20.8. The molecule has 188 valence electrons. The molecule has 7 N–H and O–H groups in total. The van der Waals surface area contributed by atoms with Crippen molar-refractivity contribution < 1.29 is 59.5 Å². The van der Waals surface area contributed by atoms with Crippen LogP contribution in [0.4, 0.5) is 0 Å². The lowest BCUT2D eigenvalue weighted by atomic mass is 9.97. The number of methoxy groups -OCH3 is 1. The second-order valence-corrected chi connectivity index (χ2v) is 7.67. The number of carbonyl (C=O) groups excluding carboxylic acids is 1. The minimum atomic E-state index is -1.91. The van der Waals surface area contributed by atoms with Gasteiger partial charge in [0.15, 0.2) is 6.29 Å². The summed E-state index contributed by atoms with van der Waals surface area (Å²) in [5.74, 6) is -0.834. The number of ether oxygens (including phenoxy) is 4. The van der Waals surface area contributed by atoms with Crippen LogP contribution < -0.4 is 0 Å². The summed E-state index contributed by atoms with van der Waals surface area (Å²) in [5, 5.41) is 70.1. The molecular formula is C21H32O12. The van der Waals surface area contributed by atoms with Crippen LogP contribution in [0.25, 0.3) is 0 Å². The van der Waals surface area contributed by atoms with Gasteiger partial charge in [0, 0.05) is 7.11 Å². The van der Waals surface area contributed by atoms with Crippen molar-refractivity contribution in [2.45, 2.75) is 68.1 Å². The molecule has 0 bridgehead atoms. The third-order valence-electron chi connectivity index (χ3n) is 5.30. The van der Waals surface area contributed by atoms with Gasteiger partial charge in [0.1, 0.15) is 49.3 Å². The highest BCUT2D eigenvalue weighted by Crippen LogP contribution is 2.26. The number of carbonyl (C=O) groups is 1. The number of hydrogen-bond acceptors (Lipinski definition) is 12. The van der Waals surface area contributed by atoms with Crippen LogP contribution in [0.15, 0.2) is 30.3 Å². The fraction of sp³-hybridized carbons (Fsp3) is 0.667. The predicted octanol–water partition coefficient (Wildman–Crippen LogP) is -2.97. The van der Waals surface area contributed by atoms with E-state index in [9.17, 15) is 40.5 Å². The van der Waals surface area contributed by atoms with Crippen molar-refractivity contribution in [2.24, 2.45) is 0 Å². The first-order valence-electron chi connectivity index (χ1n) is 10.4. The molecule has 1 heterocycles. The molecular weight excluding hydrogens is 444 g/mol. The molecule has 1 saturated heterocycles. The summed E-state index contributed by atoms with van der Waals surface area (Å²) in [6.07, 6.45) is -14.9. The average Bonchev–Trinajstić information content (AvgIpc) is 2.82. The van der Waals surface area contributed by atoms with Crippen molar-refractivity contribution in [3.05, 3.63) is 35.9 Å². The summed E-state index contributed by atoms with van der Waals surface area (Å²) in [4.78, 5) is 12.1. The Labute approximate surface area is 190 Å². The Morgan fingerprint density at radius 3 is 2.30 bits per heavy atom. The molecule has 0 saturated carbocycles. The Balaban J connectivity index is 2.03. The number of aliphatic hydroxyl groups excluding tert-OH is 7. The Kier molecular flexibility index (Phi) is 11.1. The molecule has 1 fully saturated rings. The molecule has 0 aromatic heterocycles. The monoisotopic (exact) mass is 476 g/mol. The van der Waals surface area contributed by atoms with Crippen molar-refractivity contribution in [3.63, 3.8) is 0 Å². The molecule has 6 unspecified atom stereocenters. The molecule has 2 rings (SSSR count). The van der Waals surface area contributed by atoms with Crippen LogP contribution in [-0.4, -0.2) is 117 Å². The zero-order chi connectivity index (χ0) is 24.5. The summed E-state index contributed by atoms with van der Waals surface area (Å²) in [6.45, 7) is -1.60. The first-order chi connectivity index (χ1) is 15.7. The molecule has 12 nitrogen and oxygen atoms in total. The van der Waals surface area contributed by atoms with Gasteiger partial charge in [-0.25, -0.2) is 0 Å². The van der Waals surface area contributed by atoms with Crippen LogP contribution in [-0.2, 0) is 30.3 Å². The van der Waals surface area contributed by atoms with Crippen LogP contribution in [0.1, 0.15) is 12.0 Å². The molecule has 0 amide bonds. The molecule has 33 heavy (non-hydrogen) atoms. The van der Waals surface area contributed by atoms with Gasteiger partial charge in [-0.2, -0.15) is 0 Å². The van der Waals surface area contributed by atoms with Crippen LogP contribution in [0.2, 0.25) is 0 Å². The van der Waals surface area contributed by atoms with Gasteiger partial charge < -0.3 is 54.7 Å². The molecule has 0 radical (unpaired) electrons. The molecule has 1 aliphatic rings. The lowest BCUT2D eigenvalue weighted by molar-refractivity contribution is -0.329. The van der Waals surface area contributed by atoms with E-state index in [0.717, 1.165) is 5.56 Å². The van der Waals surface area contributed by atoms with Crippen LogP contribution >= 0.6 is 0 Å². The van der Waals surface area contributed by atoms with Gasteiger partial charge in [-0.15, -0.1) is 0 Å². The first-order valence-corrected chi connectivity index (χ1v) is 10.4. The number of rotatable bonds is 12. The highest BCUT2D eigenvalue weighted by molar-refractivity contribution is 5.70. The number of aliphatic hydroxyl groups is 7. The van der Waals surface area contributed by atoms with Gasteiger partial charge in [-0.05, 0) is 5.56 Å². The zero-order valence-electron chi connectivity index (χ0n) is 18.1. The maximum Gasteiger partial charge on any atom is 0.308 e. The summed E-state index contributed by atoms with van der Waals surface area (Å²) in [5.41, 5.74) is 0.717. The van der Waals surface area contributed by atoms with E-state index in [-0.39, 0.29) is 6.61 Å². The fourth-order valence-electron chi connectivity index (χ4n) is 3.41. The third kappa shape index (κ3) is 7.39. The number of hydrogen-bond donors (Lipinski definition) is 7. The topological polar surface area (TPSA) is 196 Å². The predicted molar refractivity (Wildman–Crippen MR) is 109 cm³/mol. The van der Waals surface area contributed by atoms with Gasteiger partial charge in [-0.1, -0.05) is 30.3 Å². The van der Waals surface area contributed by atoms with Gasteiger partial charge in [-0.3, -0.25) is 4.79 Å². The van der Waals surface area contributed by atoms with E-state index in [0.29, 0.717) is 0 Å². The van der Waals surface area contributed by atoms with Crippen molar-refractivity contribution in [2.75, 3.05) is 20.3 Å². The smallest absolute Gasteiger partial charge is 0.308 e. The minimum absolute atomic E-state index is 0.0485. The molecule has 1 aromatic carbocycles. The van der Waals surface area contributed by atoms with E-state index in [4.69, 9.17) is 18.9 Å². The average molecular weight is 476 g/mol. The highest BCUT2D eigenvalue weighted by atomic mass is 16.7. The van der Waals surface area contributed by atoms with Crippen LogP contribution in [0.5, 0.6) is 0 Å². The maximum absolute atomic E-state index is 12.1. The molecule has 9 atom stereocenters. The lowest BCUT2D eigenvalue weighted by Gasteiger charge is -2.43. The van der Waals surface area contributed by atoms with E-state index >= 15 is 0 Å². The second kappa shape index (κ2) is 13.2. The van der Waals surface area contributed by atoms with E-state index in [1.807, 2.05) is 0 Å². The number of benzene rings is 1. The first kappa shape index (κ1) is 27.5. The van der Waals surface area contributed by atoms with E-state index in [1.165, 1.54) is 7.11 Å². The zero-order valence-corrected chi connectivity index (χ0v) is 18.1. The summed E-state index contributed by atoms with van der Waals surface area (Å²) in [6, 6.07) is 8.79. The van der Waals surface area contributed by atoms with Crippen LogP contribution in [0, 0.1) is 0 Å². The van der Waals surface area contributed by atoms with Crippen molar-refractivity contribution in [1.29, 1.82) is 0 Å². The Bertz CT molecular complexity index is 704. The van der Waals surface area contributed by atoms with Gasteiger partial charge in [0.2, 0.25) is 0 Å². The van der Waals surface area contributed by atoms with Crippen molar-refractivity contribution in [3.8, 4) is 0 Å². The highest BCUT2D eigenvalue weighted by Gasteiger charge is 2.47. The van der Waals surface area contributed by atoms with E-state index < -0.39 is 80.7 Å². The normalized spacial score (nSPS) is 29.2. The Hall–Kier alpha value is -1.71. The van der Waals surface area contributed by atoms with Crippen LogP contribution in [0.3, 0.4) is 0 Å². The Morgan fingerprint density at radius 2 is 1.73 bits per heavy atom. The standard InChI is InChI=1S/C21H32O12/c1-30-20-17(28)14(9-23)32-21(18(20)29)33-19(13(25)8-22)16(27)12(24)7-15(26)31-10-11-5-3-2-4-6-11/h2-6,12-14,16-25,27-29H,7-10H2,1H3/t12?,13?,14?,16?,17-,18?,19+,20?,21-/m0/s1. The molecule has 0 spiro atoms. The number of esters is 1. The molecule has 1 aromatic rings. The van der Waals surface area contributed by atoms with Crippen molar-refractivity contribution >= 4 is 5.97 Å². The van der Waals surface area contributed by atoms with Gasteiger partial charge >= 0.3 is 5.97 Å². The van der Waals surface area contributed by atoms with E-state index in [1.54, 1.807) is 30.3 Å². The quantitative estimate of drug-likeness (QED) is 0.152. The van der Waals surface area contributed by atoms with Gasteiger partial charge in [0.25, 0.3) is 0 Å². The minimum Gasteiger partial charge on any atom is -0.461 e. The largest absolute Gasteiger partial charge is 0.461 e. The summed E-state index contributed by atoms with van der Waals surface area (Å²) in [7, 11) is 1.20. The molecule has 1 aliphatic heterocycles. The lowest BCUT2D eigenvalue weighted by Crippen LogP contribution is -2.62. The second-order valence-electron chi connectivity index (χ2n) is 7.67. The van der Waals surface area contributed by atoms with Gasteiger partial charge in [0.05, 0.1) is 25.7 Å². The molecule has 0 aliphatic carbocycles. The molecule has 12 heteroatoms. The Morgan fingerprint density at radius 1 is 1.06 bits per heavy atom.